The lowest BCUT2D eigenvalue weighted by Crippen LogP contribution is -2.26. The fourth-order valence-electron chi connectivity index (χ4n) is 1.50. The molecule has 1 heterocycles. The zero-order valence-corrected chi connectivity index (χ0v) is 13.3. The summed E-state index contributed by atoms with van der Waals surface area (Å²) in [5, 5.41) is 4.70. The molecule has 108 valence electrons. The highest BCUT2D eigenvalue weighted by atomic mass is 35.5. The zero-order valence-electron chi connectivity index (χ0n) is 11.8. The maximum Gasteiger partial charge on any atom is 0.244 e. The molecule has 1 unspecified atom stereocenters. The third kappa shape index (κ3) is 3.98. The van der Waals surface area contributed by atoms with Crippen molar-refractivity contribution in [3.8, 4) is 0 Å². The Balaban J connectivity index is 1.98. The van der Waals surface area contributed by atoms with E-state index in [0.717, 1.165) is 9.92 Å². The first-order valence-electron chi connectivity index (χ1n) is 6.32. The Morgan fingerprint density at radius 2 is 1.95 bits per heavy atom. The molecule has 0 bridgehead atoms. The molecule has 2 aromatic rings. The molecule has 6 heteroatoms. The van der Waals surface area contributed by atoms with Crippen LogP contribution in [0.4, 0.5) is 0 Å². The van der Waals surface area contributed by atoms with Gasteiger partial charge in [-0.15, -0.1) is 11.8 Å². The Morgan fingerprint density at radius 1 is 1.30 bits per heavy atom. The van der Waals surface area contributed by atoms with Gasteiger partial charge >= 0.3 is 0 Å². The highest BCUT2D eigenvalue weighted by Gasteiger charge is 2.27. The summed E-state index contributed by atoms with van der Waals surface area (Å²) >= 11 is 7.48. The molecule has 0 spiro atoms. The van der Waals surface area contributed by atoms with Crippen LogP contribution in [0.25, 0.3) is 0 Å². The van der Waals surface area contributed by atoms with Crippen LogP contribution in [0.15, 0.2) is 33.7 Å². The Bertz CT molecular complexity index is 563. The molecule has 0 saturated heterocycles. The molecule has 0 saturated carbocycles. The van der Waals surface area contributed by atoms with Gasteiger partial charge in [-0.3, -0.25) is 0 Å². The molecule has 1 aromatic carbocycles. The second kappa shape index (κ2) is 6.16. The summed E-state index contributed by atoms with van der Waals surface area (Å²) in [5.41, 5.74) is 5.99. The zero-order chi connectivity index (χ0) is 14.8. The quantitative estimate of drug-likeness (QED) is 0.862. The summed E-state index contributed by atoms with van der Waals surface area (Å²) in [6.45, 7) is 6.14. The first kappa shape index (κ1) is 15.4. The van der Waals surface area contributed by atoms with Crippen molar-refractivity contribution in [3.05, 3.63) is 41.0 Å². The summed E-state index contributed by atoms with van der Waals surface area (Å²) in [6, 6.07) is 7.40. The maximum atomic E-state index is 6.09. The number of benzene rings is 1. The third-order valence-electron chi connectivity index (χ3n) is 2.86. The second-order valence-corrected chi connectivity index (χ2v) is 7.12. The number of thioether (sulfide) groups is 1. The summed E-state index contributed by atoms with van der Waals surface area (Å²) in [6.07, 6.45) is 0. The van der Waals surface area contributed by atoms with Gasteiger partial charge in [-0.1, -0.05) is 37.5 Å². The predicted octanol–water partition coefficient (Wildman–Crippen LogP) is 4.06. The largest absolute Gasteiger partial charge is 0.338 e. The fraction of sp³-hybridized carbons (Fsp3) is 0.429. The number of hydrogen-bond acceptors (Lipinski definition) is 5. The molecule has 0 radical (unpaired) electrons. The standard InChI is InChI=1S/C14H18ClN3OS/c1-14(2,3)12(16)13-17-11(18-19-13)8-20-10-6-4-9(15)5-7-10/h4-7,12H,8,16H2,1-3H3. The molecule has 0 amide bonds. The lowest BCUT2D eigenvalue weighted by Gasteiger charge is -2.23. The molecular weight excluding hydrogens is 294 g/mol. The average molecular weight is 312 g/mol. The van der Waals surface area contributed by atoms with Gasteiger partial charge in [0.2, 0.25) is 5.89 Å². The number of nitrogens with zero attached hydrogens (tertiary/aromatic N) is 2. The van der Waals surface area contributed by atoms with Crippen molar-refractivity contribution in [2.45, 2.75) is 37.5 Å². The molecule has 1 aromatic heterocycles. The topological polar surface area (TPSA) is 64.9 Å². The average Bonchev–Trinajstić information content (AvgIpc) is 2.85. The van der Waals surface area contributed by atoms with Gasteiger partial charge in [-0.05, 0) is 29.7 Å². The highest BCUT2D eigenvalue weighted by molar-refractivity contribution is 7.98. The Labute approximate surface area is 128 Å². The molecule has 0 aliphatic heterocycles. The van der Waals surface area contributed by atoms with Crippen LogP contribution in [0.3, 0.4) is 0 Å². The molecule has 1 atom stereocenters. The monoisotopic (exact) mass is 311 g/mol. The normalized spacial score (nSPS) is 13.4. The van der Waals surface area contributed by atoms with Crippen LogP contribution in [-0.2, 0) is 5.75 Å². The van der Waals surface area contributed by atoms with Crippen molar-refractivity contribution >= 4 is 23.4 Å². The SMILES string of the molecule is CC(C)(C)C(N)c1nc(CSc2ccc(Cl)cc2)no1. The summed E-state index contributed by atoms with van der Waals surface area (Å²) in [4.78, 5) is 5.47. The van der Waals surface area contributed by atoms with E-state index in [9.17, 15) is 0 Å². The van der Waals surface area contributed by atoms with E-state index in [1.54, 1.807) is 11.8 Å². The molecule has 20 heavy (non-hydrogen) atoms. The molecule has 2 rings (SSSR count). The van der Waals surface area contributed by atoms with Crippen LogP contribution in [0.5, 0.6) is 0 Å². The lowest BCUT2D eigenvalue weighted by molar-refractivity contribution is 0.252. The van der Waals surface area contributed by atoms with Gasteiger partial charge in [0.15, 0.2) is 5.82 Å². The minimum Gasteiger partial charge on any atom is -0.338 e. The van der Waals surface area contributed by atoms with Crippen LogP contribution in [0.2, 0.25) is 5.02 Å². The summed E-state index contributed by atoms with van der Waals surface area (Å²) in [5.74, 6) is 1.78. The van der Waals surface area contributed by atoms with Crippen molar-refractivity contribution in [2.24, 2.45) is 11.1 Å². The van der Waals surface area contributed by atoms with Gasteiger partial charge in [0, 0.05) is 9.92 Å². The maximum absolute atomic E-state index is 6.09. The third-order valence-corrected chi connectivity index (χ3v) is 4.12. The van der Waals surface area contributed by atoms with Gasteiger partial charge < -0.3 is 10.3 Å². The van der Waals surface area contributed by atoms with Crippen molar-refractivity contribution in [1.82, 2.24) is 10.1 Å². The van der Waals surface area contributed by atoms with Crippen LogP contribution in [0, 0.1) is 5.41 Å². The number of halogens is 1. The molecule has 2 N–H and O–H groups in total. The molecule has 0 fully saturated rings. The van der Waals surface area contributed by atoms with Gasteiger partial charge in [0.05, 0.1) is 11.8 Å². The Morgan fingerprint density at radius 3 is 2.55 bits per heavy atom. The van der Waals surface area contributed by atoms with Crippen molar-refractivity contribution in [1.29, 1.82) is 0 Å². The molecule has 4 nitrogen and oxygen atoms in total. The number of aromatic nitrogens is 2. The van der Waals surface area contributed by atoms with Crippen molar-refractivity contribution in [3.63, 3.8) is 0 Å². The summed E-state index contributed by atoms with van der Waals surface area (Å²) in [7, 11) is 0. The minimum atomic E-state index is -0.260. The van der Waals surface area contributed by atoms with E-state index in [-0.39, 0.29) is 11.5 Å². The van der Waals surface area contributed by atoms with Gasteiger partial charge in [-0.2, -0.15) is 4.98 Å². The molecule has 0 aliphatic rings. The minimum absolute atomic E-state index is 0.104. The van der Waals surface area contributed by atoms with Gasteiger partial charge in [0.1, 0.15) is 0 Å². The lowest BCUT2D eigenvalue weighted by atomic mass is 9.87. The highest BCUT2D eigenvalue weighted by Crippen LogP contribution is 2.30. The van der Waals surface area contributed by atoms with E-state index in [2.05, 4.69) is 10.1 Å². The van der Waals surface area contributed by atoms with E-state index in [4.69, 9.17) is 21.9 Å². The van der Waals surface area contributed by atoms with Gasteiger partial charge in [0.25, 0.3) is 0 Å². The summed E-state index contributed by atoms with van der Waals surface area (Å²) < 4.78 is 5.24. The number of rotatable bonds is 4. The first-order valence-corrected chi connectivity index (χ1v) is 7.69. The second-order valence-electron chi connectivity index (χ2n) is 5.64. The van der Waals surface area contributed by atoms with E-state index >= 15 is 0 Å². The van der Waals surface area contributed by atoms with Crippen LogP contribution >= 0.6 is 23.4 Å². The van der Waals surface area contributed by atoms with Crippen LogP contribution in [-0.4, -0.2) is 10.1 Å². The smallest absolute Gasteiger partial charge is 0.244 e. The fourth-order valence-corrected chi connectivity index (χ4v) is 2.37. The number of hydrogen-bond donors (Lipinski definition) is 1. The van der Waals surface area contributed by atoms with E-state index < -0.39 is 0 Å². The van der Waals surface area contributed by atoms with Crippen LogP contribution < -0.4 is 5.73 Å². The van der Waals surface area contributed by atoms with E-state index in [0.29, 0.717) is 17.5 Å². The molecule has 0 aliphatic carbocycles. The predicted molar refractivity (Wildman–Crippen MR) is 81.7 cm³/mol. The van der Waals surface area contributed by atoms with Crippen molar-refractivity contribution in [2.75, 3.05) is 0 Å². The van der Waals surface area contributed by atoms with Crippen LogP contribution in [0.1, 0.15) is 38.5 Å². The van der Waals surface area contributed by atoms with E-state index in [1.165, 1.54) is 0 Å². The van der Waals surface area contributed by atoms with Crippen molar-refractivity contribution < 1.29 is 4.52 Å². The Kier molecular flexibility index (Phi) is 4.73. The Hall–Kier alpha value is -1.04. The molecular formula is C14H18ClN3OS. The van der Waals surface area contributed by atoms with E-state index in [1.807, 2.05) is 45.0 Å². The first-order chi connectivity index (χ1) is 9.36. The van der Waals surface area contributed by atoms with Gasteiger partial charge in [-0.25, -0.2) is 0 Å². The number of nitrogens with two attached hydrogens (primary N) is 1.